The Morgan fingerprint density at radius 3 is 2.19 bits per heavy atom. The smallest absolute Gasteiger partial charge is 0.306 e. The van der Waals surface area contributed by atoms with Crippen molar-refractivity contribution < 1.29 is 22.1 Å². The zero-order valence-electron chi connectivity index (χ0n) is 17.4. The number of nitrogens with two attached hydrogens (primary N) is 1. The van der Waals surface area contributed by atoms with Gasteiger partial charge in [0.1, 0.15) is 5.75 Å². The Labute approximate surface area is 182 Å². The van der Waals surface area contributed by atoms with Crippen molar-refractivity contribution in [2.75, 3.05) is 19.5 Å². The fourth-order valence-corrected chi connectivity index (χ4v) is 4.06. The van der Waals surface area contributed by atoms with Gasteiger partial charge < -0.3 is 14.7 Å². The minimum Gasteiger partial charge on any atom is -0.383 e. The first-order valence-corrected chi connectivity index (χ1v) is 11.9. The first-order valence-electron chi connectivity index (χ1n) is 10.1. The van der Waals surface area contributed by atoms with Crippen LogP contribution in [0.5, 0.6) is 5.75 Å². The summed E-state index contributed by atoms with van der Waals surface area (Å²) >= 11 is 0. The van der Waals surface area contributed by atoms with Crippen molar-refractivity contribution in [1.29, 1.82) is 5.26 Å². The summed E-state index contributed by atoms with van der Waals surface area (Å²) in [6.07, 6.45) is 2.59. The first-order chi connectivity index (χ1) is 14.7. The molecule has 1 fully saturated rings. The molecule has 0 radical (unpaired) electrons. The monoisotopic (exact) mass is 442 g/mol. The van der Waals surface area contributed by atoms with Gasteiger partial charge in [-0.25, -0.2) is 0 Å². The number of hydrogen-bond donors (Lipinski definition) is 1. The summed E-state index contributed by atoms with van der Waals surface area (Å²) in [4.78, 5) is 12.7. The number of hydrogen-bond acceptors (Lipinski definition) is 7. The van der Waals surface area contributed by atoms with Crippen molar-refractivity contribution in [3.8, 4) is 22.9 Å². The molecule has 1 heterocycles. The molecule has 31 heavy (non-hydrogen) atoms. The lowest BCUT2D eigenvalue weighted by Gasteiger charge is -2.32. The average Bonchev–Trinajstić information content (AvgIpc) is 2.74. The molecule has 1 aliphatic heterocycles. The lowest BCUT2D eigenvalue weighted by molar-refractivity contribution is -0.128. The van der Waals surface area contributed by atoms with E-state index in [1.807, 2.05) is 24.3 Å². The van der Waals surface area contributed by atoms with E-state index in [1.165, 1.54) is 0 Å². The van der Waals surface area contributed by atoms with Gasteiger partial charge in [0, 0.05) is 19.6 Å². The molecule has 0 aliphatic carbocycles. The number of rotatable bonds is 8. The average molecular weight is 443 g/mol. The third-order valence-electron chi connectivity index (χ3n) is 5.43. The molecule has 164 valence electrons. The Bertz CT molecular complexity index is 1050. The van der Waals surface area contributed by atoms with Crippen LogP contribution in [0, 0.1) is 17.2 Å². The SMILES string of the molecule is CS(=O)(=O)Oc1ccc(-c2ccc(C[C@@H](C#N)CC(=O)C3(N)CCOCC3)cc2)cc1. The largest absolute Gasteiger partial charge is 0.383 e. The van der Waals surface area contributed by atoms with E-state index in [1.54, 1.807) is 24.3 Å². The molecular formula is C23H26N2O5S. The van der Waals surface area contributed by atoms with E-state index in [4.69, 9.17) is 14.7 Å². The minimum absolute atomic E-state index is 0.0737. The maximum atomic E-state index is 12.7. The second-order valence-corrected chi connectivity index (χ2v) is 9.51. The summed E-state index contributed by atoms with van der Waals surface area (Å²) in [6, 6.07) is 16.7. The minimum atomic E-state index is -3.56. The van der Waals surface area contributed by atoms with Crippen LogP contribution in [0.2, 0.25) is 0 Å². The van der Waals surface area contributed by atoms with Crippen molar-refractivity contribution in [2.45, 2.75) is 31.2 Å². The van der Waals surface area contributed by atoms with Crippen molar-refractivity contribution in [3.05, 3.63) is 54.1 Å². The molecule has 1 aliphatic rings. The van der Waals surface area contributed by atoms with Crippen LogP contribution in [0.4, 0.5) is 0 Å². The summed E-state index contributed by atoms with van der Waals surface area (Å²) in [5.74, 6) is -0.254. The van der Waals surface area contributed by atoms with Crippen LogP contribution >= 0.6 is 0 Å². The van der Waals surface area contributed by atoms with Crippen LogP contribution < -0.4 is 9.92 Å². The van der Waals surface area contributed by atoms with Crippen LogP contribution in [-0.4, -0.2) is 39.2 Å². The number of ether oxygens (including phenoxy) is 1. The quantitative estimate of drug-likeness (QED) is 0.624. The second-order valence-electron chi connectivity index (χ2n) is 7.93. The van der Waals surface area contributed by atoms with Crippen molar-refractivity contribution in [2.24, 2.45) is 11.7 Å². The molecule has 7 nitrogen and oxygen atoms in total. The van der Waals surface area contributed by atoms with E-state index < -0.39 is 21.6 Å². The van der Waals surface area contributed by atoms with E-state index in [2.05, 4.69) is 6.07 Å². The molecule has 1 saturated heterocycles. The number of ketones is 1. The molecule has 0 spiro atoms. The van der Waals surface area contributed by atoms with E-state index in [0.717, 1.165) is 22.9 Å². The Morgan fingerprint density at radius 1 is 1.13 bits per heavy atom. The van der Waals surface area contributed by atoms with Crippen molar-refractivity contribution in [3.63, 3.8) is 0 Å². The van der Waals surface area contributed by atoms with E-state index in [9.17, 15) is 18.5 Å². The van der Waals surface area contributed by atoms with Gasteiger partial charge in [0.05, 0.1) is 23.8 Å². The fraction of sp³-hybridized carbons (Fsp3) is 0.391. The predicted octanol–water partition coefficient (Wildman–Crippen LogP) is 2.84. The van der Waals surface area contributed by atoms with Crippen molar-refractivity contribution >= 4 is 15.9 Å². The number of carbonyl (C=O) groups excluding carboxylic acids is 1. The van der Waals surface area contributed by atoms with Crippen LogP contribution in [0.25, 0.3) is 11.1 Å². The van der Waals surface area contributed by atoms with Crippen LogP contribution in [0.3, 0.4) is 0 Å². The highest BCUT2D eigenvalue weighted by Gasteiger charge is 2.36. The lowest BCUT2D eigenvalue weighted by Crippen LogP contribution is -2.52. The highest BCUT2D eigenvalue weighted by Crippen LogP contribution is 2.26. The number of nitriles is 1. The van der Waals surface area contributed by atoms with Gasteiger partial charge >= 0.3 is 10.1 Å². The van der Waals surface area contributed by atoms with Gasteiger partial charge in [-0.15, -0.1) is 0 Å². The predicted molar refractivity (Wildman–Crippen MR) is 117 cm³/mol. The molecule has 0 bridgehead atoms. The molecule has 8 heteroatoms. The molecular weight excluding hydrogens is 416 g/mol. The Morgan fingerprint density at radius 2 is 1.68 bits per heavy atom. The normalized spacial score (nSPS) is 16.8. The molecule has 2 aromatic rings. The summed E-state index contributed by atoms with van der Waals surface area (Å²) in [6.45, 7) is 0.949. The van der Waals surface area contributed by atoms with E-state index in [0.29, 0.717) is 32.5 Å². The second kappa shape index (κ2) is 9.60. The third kappa shape index (κ3) is 6.37. The molecule has 0 unspecified atom stereocenters. The van der Waals surface area contributed by atoms with Crippen LogP contribution in [0.15, 0.2) is 48.5 Å². The Balaban J connectivity index is 1.62. The maximum Gasteiger partial charge on any atom is 0.306 e. The highest BCUT2D eigenvalue weighted by atomic mass is 32.2. The van der Waals surface area contributed by atoms with Gasteiger partial charge in [-0.1, -0.05) is 36.4 Å². The number of carbonyl (C=O) groups is 1. The number of benzene rings is 2. The van der Waals surface area contributed by atoms with Crippen molar-refractivity contribution in [1.82, 2.24) is 0 Å². The molecule has 0 aromatic heterocycles. The molecule has 3 rings (SSSR count). The Kier molecular flexibility index (Phi) is 7.11. The molecule has 1 atom stereocenters. The third-order valence-corrected chi connectivity index (χ3v) is 5.92. The fourth-order valence-electron chi connectivity index (χ4n) is 3.60. The summed E-state index contributed by atoms with van der Waals surface area (Å²) in [7, 11) is -3.56. The van der Waals surface area contributed by atoms with E-state index >= 15 is 0 Å². The van der Waals surface area contributed by atoms with Crippen LogP contribution in [-0.2, 0) is 26.1 Å². The van der Waals surface area contributed by atoms with Gasteiger partial charge in [-0.2, -0.15) is 13.7 Å². The van der Waals surface area contributed by atoms with Gasteiger partial charge in [-0.05, 0) is 48.1 Å². The Hall–Kier alpha value is -2.73. The highest BCUT2D eigenvalue weighted by molar-refractivity contribution is 7.86. The zero-order valence-corrected chi connectivity index (χ0v) is 18.2. The molecule has 0 amide bonds. The summed E-state index contributed by atoms with van der Waals surface area (Å²) in [5, 5.41) is 9.54. The lowest BCUT2D eigenvalue weighted by atomic mass is 9.81. The van der Waals surface area contributed by atoms with Gasteiger partial charge in [-0.3, -0.25) is 4.79 Å². The van der Waals surface area contributed by atoms with Crippen LogP contribution in [0.1, 0.15) is 24.8 Å². The number of Topliss-reactive ketones (excluding diaryl/α,β-unsaturated/α-hetero) is 1. The van der Waals surface area contributed by atoms with Gasteiger partial charge in [0.25, 0.3) is 0 Å². The summed E-state index contributed by atoms with van der Waals surface area (Å²) < 4.78 is 32.5. The topological polar surface area (TPSA) is 119 Å². The zero-order chi connectivity index (χ0) is 22.5. The number of nitrogens with zero attached hydrogens (tertiary/aromatic N) is 1. The standard InChI is InChI=1S/C23H26N2O5S/c1-31(27,28)30-21-8-6-20(7-9-21)19-4-2-17(3-5-19)14-18(16-24)15-22(26)23(25)10-12-29-13-11-23/h2-9,18H,10-15,25H2,1H3/t18-/m1/s1. The van der Waals surface area contributed by atoms with Gasteiger partial charge in [0.15, 0.2) is 5.78 Å². The maximum absolute atomic E-state index is 12.7. The first kappa shape index (κ1) is 22.9. The summed E-state index contributed by atoms with van der Waals surface area (Å²) in [5.41, 5.74) is 8.17. The van der Waals surface area contributed by atoms with E-state index in [-0.39, 0.29) is 18.0 Å². The molecule has 2 N–H and O–H groups in total. The van der Waals surface area contributed by atoms with Gasteiger partial charge in [0.2, 0.25) is 0 Å². The molecule has 2 aromatic carbocycles. The molecule has 0 saturated carbocycles.